The van der Waals surface area contributed by atoms with Gasteiger partial charge in [0, 0.05) is 16.1 Å². The Balaban J connectivity index is 1.81. The Labute approximate surface area is 171 Å². The Morgan fingerprint density at radius 2 is 1.79 bits per heavy atom. The van der Waals surface area contributed by atoms with Crippen molar-refractivity contribution in [3.63, 3.8) is 0 Å². The van der Waals surface area contributed by atoms with E-state index in [1.165, 1.54) is 23.1 Å². The molecule has 6 nitrogen and oxygen atoms in total. The molecule has 4 amide bonds. The second kappa shape index (κ2) is 6.90. The molecule has 4 rings (SSSR count). The summed E-state index contributed by atoms with van der Waals surface area (Å²) in [7, 11) is 0. The predicted molar refractivity (Wildman–Crippen MR) is 104 cm³/mol. The number of hydrogen-bond acceptors (Lipinski definition) is 3. The maximum Gasteiger partial charge on any atom is 0.326 e. The minimum Gasteiger partial charge on any atom is -0.311 e. The molecule has 0 saturated carbocycles. The van der Waals surface area contributed by atoms with Crippen molar-refractivity contribution < 1.29 is 18.8 Å². The molecule has 146 valence electrons. The van der Waals surface area contributed by atoms with Crippen molar-refractivity contribution in [2.45, 2.75) is 19.0 Å². The van der Waals surface area contributed by atoms with Gasteiger partial charge < -0.3 is 10.2 Å². The number of urea groups is 1. The molecule has 1 spiro atoms. The average Bonchev–Trinajstić information content (AvgIpc) is 3.09. The van der Waals surface area contributed by atoms with Crippen LogP contribution in [0.4, 0.5) is 14.9 Å². The van der Waals surface area contributed by atoms with Gasteiger partial charge >= 0.3 is 6.03 Å². The van der Waals surface area contributed by atoms with Crippen molar-refractivity contribution in [3.8, 4) is 11.8 Å². The second-order valence-electron chi connectivity index (χ2n) is 6.61. The summed E-state index contributed by atoms with van der Waals surface area (Å²) in [5, 5.41) is 2.71. The number of nitrogens with one attached hydrogen (secondary N) is 1. The quantitative estimate of drug-likeness (QED) is 0.479. The third-order valence-corrected chi connectivity index (χ3v) is 5.42. The lowest BCUT2D eigenvalue weighted by molar-refractivity contribution is -0.138. The summed E-state index contributed by atoms with van der Waals surface area (Å²) in [6.07, 6.45) is 0. The molecule has 1 fully saturated rings. The standard InChI is InChI=1S/C21H15ClFN3O3/c1-2-3-11-25-18(27)21(24-20(25)29)14-7-4-5-10-17(14)26(19(21)28)12-13-15(22)8-6-9-16(13)23/h4-10H,11-12H2,1H3,(H,24,29). The molecule has 2 aromatic carbocycles. The van der Waals surface area contributed by atoms with Crippen LogP contribution in [0.15, 0.2) is 42.5 Å². The molecule has 29 heavy (non-hydrogen) atoms. The number of hydrogen-bond donors (Lipinski definition) is 1. The van der Waals surface area contributed by atoms with Gasteiger partial charge in [-0.3, -0.25) is 9.59 Å². The molecular formula is C21H15ClFN3O3. The Morgan fingerprint density at radius 3 is 2.52 bits per heavy atom. The van der Waals surface area contributed by atoms with Gasteiger partial charge in [-0.05, 0) is 25.1 Å². The summed E-state index contributed by atoms with van der Waals surface area (Å²) < 4.78 is 14.3. The monoisotopic (exact) mass is 411 g/mol. The molecule has 1 saturated heterocycles. The number of amides is 4. The number of nitrogens with zero attached hydrogens (tertiary/aromatic N) is 2. The fraction of sp³-hybridized carbons (Fsp3) is 0.190. The van der Waals surface area contributed by atoms with E-state index in [0.29, 0.717) is 11.3 Å². The molecule has 8 heteroatoms. The highest BCUT2D eigenvalue weighted by atomic mass is 35.5. The highest BCUT2D eigenvalue weighted by Crippen LogP contribution is 2.44. The van der Waals surface area contributed by atoms with Crippen molar-refractivity contribution in [2.75, 3.05) is 11.4 Å². The van der Waals surface area contributed by atoms with Gasteiger partial charge in [-0.1, -0.05) is 41.8 Å². The van der Waals surface area contributed by atoms with E-state index in [-0.39, 0.29) is 23.7 Å². The number of halogens is 2. The Kier molecular flexibility index (Phi) is 4.52. The van der Waals surface area contributed by atoms with E-state index in [4.69, 9.17) is 11.6 Å². The highest BCUT2D eigenvalue weighted by Gasteiger charge is 2.63. The minimum absolute atomic E-state index is 0.125. The largest absolute Gasteiger partial charge is 0.326 e. The van der Waals surface area contributed by atoms with Crippen LogP contribution >= 0.6 is 11.6 Å². The first-order valence-electron chi connectivity index (χ1n) is 8.80. The van der Waals surface area contributed by atoms with E-state index >= 15 is 0 Å². The lowest BCUT2D eigenvalue weighted by Crippen LogP contribution is -2.52. The number of fused-ring (bicyclic) bond motifs is 2. The number of imide groups is 1. The van der Waals surface area contributed by atoms with Crippen LogP contribution in [0.3, 0.4) is 0 Å². The number of anilines is 1. The molecule has 1 unspecified atom stereocenters. The van der Waals surface area contributed by atoms with Gasteiger partial charge in [-0.2, -0.15) is 0 Å². The van der Waals surface area contributed by atoms with Crippen LogP contribution in [-0.2, 0) is 21.7 Å². The van der Waals surface area contributed by atoms with E-state index < -0.39 is 29.2 Å². The van der Waals surface area contributed by atoms with Gasteiger partial charge in [0.15, 0.2) is 0 Å². The molecule has 2 aliphatic rings. The summed E-state index contributed by atoms with van der Waals surface area (Å²) in [4.78, 5) is 41.3. The van der Waals surface area contributed by atoms with Gasteiger partial charge in [0.2, 0.25) is 5.54 Å². The van der Waals surface area contributed by atoms with Gasteiger partial charge in [-0.15, -0.1) is 5.92 Å². The number of rotatable bonds is 3. The van der Waals surface area contributed by atoms with Crippen LogP contribution in [0, 0.1) is 17.7 Å². The van der Waals surface area contributed by atoms with Crippen molar-refractivity contribution in [1.82, 2.24) is 10.2 Å². The average molecular weight is 412 g/mol. The van der Waals surface area contributed by atoms with Gasteiger partial charge in [0.25, 0.3) is 11.8 Å². The third kappa shape index (κ3) is 2.68. The van der Waals surface area contributed by atoms with E-state index in [1.54, 1.807) is 31.2 Å². The smallest absolute Gasteiger partial charge is 0.311 e. The third-order valence-electron chi connectivity index (χ3n) is 5.06. The first-order chi connectivity index (χ1) is 13.9. The lowest BCUT2D eigenvalue weighted by Gasteiger charge is -2.22. The van der Waals surface area contributed by atoms with Crippen LogP contribution in [0.1, 0.15) is 18.1 Å². The van der Waals surface area contributed by atoms with Crippen molar-refractivity contribution in [2.24, 2.45) is 0 Å². The van der Waals surface area contributed by atoms with Crippen LogP contribution in [0.5, 0.6) is 0 Å². The zero-order valence-corrected chi connectivity index (χ0v) is 16.1. The zero-order chi connectivity index (χ0) is 20.8. The number of benzene rings is 2. The van der Waals surface area contributed by atoms with Crippen LogP contribution < -0.4 is 10.2 Å². The molecule has 2 heterocycles. The topological polar surface area (TPSA) is 69.7 Å². The zero-order valence-electron chi connectivity index (χ0n) is 15.3. The number of para-hydroxylation sites is 1. The van der Waals surface area contributed by atoms with E-state index in [9.17, 15) is 18.8 Å². The van der Waals surface area contributed by atoms with Gasteiger partial charge in [-0.25, -0.2) is 14.1 Å². The molecule has 1 atom stereocenters. The summed E-state index contributed by atoms with van der Waals surface area (Å²) in [6.45, 7) is 1.28. The SMILES string of the molecule is CC#CCN1C(=O)NC2(C1=O)C(=O)N(Cc1c(F)cccc1Cl)c1ccccc12. The van der Waals surface area contributed by atoms with Crippen molar-refractivity contribution in [3.05, 3.63) is 64.4 Å². The summed E-state index contributed by atoms with van der Waals surface area (Å²) in [5.41, 5.74) is -1.02. The summed E-state index contributed by atoms with van der Waals surface area (Å²) >= 11 is 6.13. The number of carbonyl (C=O) groups is 3. The van der Waals surface area contributed by atoms with Crippen LogP contribution in [0.25, 0.3) is 0 Å². The lowest BCUT2D eigenvalue weighted by atomic mass is 9.91. The molecular weight excluding hydrogens is 397 g/mol. The van der Waals surface area contributed by atoms with E-state index in [2.05, 4.69) is 17.2 Å². The second-order valence-corrected chi connectivity index (χ2v) is 7.01. The van der Waals surface area contributed by atoms with Crippen molar-refractivity contribution in [1.29, 1.82) is 0 Å². The fourth-order valence-electron chi connectivity index (χ4n) is 3.66. The Bertz CT molecular complexity index is 1100. The van der Waals surface area contributed by atoms with Crippen molar-refractivity contribution >= 4 is 35.1 Å². The molecule has 0 aliphatic carbocycles. The van der Waals surface area contributed by atoms with E-state index in [1.807, 2.05) is 0 Å². The molecule has 1 N–H and O–H groups in total. The van der Waals surface area contributed by atoms with E-state index in [0.717, 1.165) is 4.90 Å². The molecule has 0 radical (unpaired) electrons. The normalized spacial score (nSPS) is 20.0. The Morgan fingerprint density at radius 1 is 1.07 bits per heavy atom. The molecule has 2 aliphatic heterocycles. The van der Waals surface area contributed by atoms with Gasteiger partial charge in [0.1, 0.15) is 5.82 Å². The number of carbonyl (C=O) groups excluding carboxylic acids is 3. The first kappa shape index (κ1) is 19.0. The minimum atomic E-state index is -1.89. The predicted octanol–water partition coefficient (Wildman–Crippen LogP) is 2.80. The summed E-state index contributed by atoms with van der Waals surface area (Å²) in [5.74, 6) is 3.36. The first-order valence-corrected chi connectivity index (χ1v) is 9.17. The molecule has 0 aromatic heterocycles. The highest BCUT2D eigenvalue weighted by molar-refractivity contribution is 6.31. The maximum atomic E-state index is 14.3. The van der Waals surface area contributed by atoms with Crippen LogP contribution in [0.2, 0.25) is 5.02 Å². The molecule has 0 bridgehead atoms. The Hall–Kier alpha value is -3.37. The fourth-order valence-corrected chi connectivity index (χ4v) is 3.88. The summed E-state index contributed by atoms with van der Waals surface area (Å²) in [6, 6.07) is 10.1. The van der Waals surface area contributed by atoms with Crippen LogP contribution in [-0.4, -0.2) is 29.3 Å². The molecule has 2 aromatic rings. The maximum absolute atomic E-state index is 14.3. The van der Waals surface area contributed by atoms with Gasteiger partial charge in [0.05, 0.1) is 18.8 Å².